The van der Waals surface area contributed by atoms with E-state index in [1.807, 2.05) is 18.4 Å². The van der Waals surface area contributed by atoms with Gasteiger partial charge in [-0.25, -0.2) is 4.98 Å². The summed E-state index contributed by atoms with van der Waals surface area (Å²) < 4.78 is 1.51. The maximum Gasteiger partial charge on any atom is 0.258 e. The molecule has 0 saturated heterocycles. The van der Waals surface area contributed by atoms with Crippen molar-refractivity contribution in [2.75, 3.05) is 5.32 Å². The number of halogens is 1. The van der Waals surface area contributed by atoms with Gasteiger partial charge in [-0.3, -0.25) is 9.20 Å². The minimum atomic E-state index is -0.150. The summed E-state index contributed by atoms with van der Waals surface area (Å²) >= 11 is 7.52. The van der Waals surface area contributed by atoms with Crippen LogP contribution in [0.15, 0.2) is 34.6 Å². The van der Waals surface area contributed by atoms with Crippen LogP contribution in [0, 0.1) is 6.92 Å². The Morgan fingerprint density at radius 2 is 2.27 bits per heavy atom. The van der Waals surface area contributed by atoms with Crippen molar-refractivity contribution in [2.45, 2.75) is 20.1 Å². The van der Waals surface area contributed by atoms with Crippen LogP contribution in [-0.2, 0) is 13.2 Å². The van der Waals surface area contributed by atoms with E-state index in [-0.39, 0.29) is 12.2 Å². The van der Waals surface area contributed by atoms with Gasteiger partial charge in [0, 0.05) is 33.9 Å². The van der Waals surface area contributed by atoms with Crippen molar-refractivity contribution in [3.63, 3.8) is 0 Å². The van der Waals surface area contributed by atoms with Gasteiger partial charge in [0.1, 0.15) is 0 Å². The molecule has 3 rings (SSSR count). The van der Waals surface area contributed by atoms with Crippen LogP contribution in [0.5, 0.6) is 0 Å². The summed E-state index contributed by atoms with van der Waals surface area (Å²) in [5.41, 5.74) is 2.95. The number of aliphatic hydroxyl groups is 1. The molecule has 3 aromatic rings. The van der Waals surface area contributed by atoms with E-state index >= 15 is 0 Å². The molecular weight excluding hydrogens is 322 g/mol. The lowest BCUT2D eigenvalue weighted by Crippen LogP contribution is -2.15. The van der Waals surface area contributed by atoms with E-state index in [2.05, 4.69) is 10.3 Å². The summed E-state index contributed by atoms with van der Waals surface area (Å²) in [5.74, 6) is 0. The van der Waals surface area contributed by atoms with Gasteiger partial charge in [0.25, 0.3) is 5.56 Å². The van der Waals surface area contributed by atoms with Crippen LogP contribution in [0.2, 0.25) is 5.02 Å². The predicted octanol–water partition coefficient (Wildman–Crippen LogP) is 2.82. The first-order chi connectivity index (χ1) is 10.6. The normalized spacial score (nSPS) is 11.0. The molecule has 0 fully saturated rings. The Bertz CT molecular complexity index is 888. The van der Waals surface area contributed by atoms with Crippen molar-refractivity contribution in [3.05, 3.63) is 62.0 Å². The summed E-state index contributed by atoms with van der Waals surface area (Å²) in [5, 5.41) is 15.0. The van der Waals surface area contributed by atoms with E-state index in [0.717, 1.165) is 11.3 Å². The fourth-order valence-corrected chi connectivity index (χ4v) is 3.25. The third-order valence-corrected chi connectivity index (χ3v) is 4.54. The van der Waals surface area contributed by atoms with E-state index in [1.165, 1.54) is 21.8 Å². The molecule has 1 aromatic carbocycles. The van der Waals surface area contributed by atoms with E-state index in [4.69, 9.17) is 11.6 Å². The van der Waals surface area contributed by atoms with Crippen molar-refractivity contribution in [1.29, 1.82) is 0 Å². The minimum absolute atomic E-state index is 0.103. The van der Waals surface area contributed by atoms with Gasteiger partial charge in [0.05, 0.1) is 18.8 Å². The first-order valence-electron chi connectivity index (χ1n) is 6.68. The van der Waals surface area contributed by atoms with E-state index in [0.29, 0.717) is 27.8 Å². The molecule has 2 N–H and O–H groups in total. The average Bonchev–Trinajstić information content (AvgIpc) is 2.97. The lowest BCUT2D eigenvalue weighted by molar-refractivity contribution is 0.282. The molecule has 0 spiro atoms. The zero-order valence-electron chi connectivity index (χ0n) is 11.8. The molecule has 0 aliphatic heterocycles. The maximum atomic E-state index is 12.0. The van der Waals surface area contributed by atoms with Gasteiger partial charge in [0.15, 0.2) is 4.96 Å². The molecule has 0 aliphatic carbocycles. The Hall–Kier alpha value is -1.89. The third kappa shape index (κ3) is 2.72. The number of hydrogen-bond donors (Lipinski definition) is 2. The van der Waals surface area contributed by atoms with Gasteiger partial charge in [-0.05, 0) is 18.6 Å². The van der Waals surface area contributed by atoms with E-state index < -0.39 is 0 Å². The third-order valence-electron chi connectivity index (χ3n) is 3.42. The van der Waals surface area contributed by atoms with Crippen LogP contribution in [0.25, 0.3) is 4.96 Å². The number of aromatic nitrogens is 2. The Morgan fingerprint density at radius 1 is 1.45 bits per heavy atom. The molecule has 2 heterocycles. The highest BCUT2D eigenvalue weighted by molar-refractivity contribution is 7.15. The number of hydrogen-bond acceptors (Lipinski definition) is 5. The van der Waals surface area contributed by atoms with Gasteiger partial charge in [-0.15, -0.1) is 11.3 Å². The highest BCUT2D eigenvalue weighted by Gasteiger charge is 2.10. The van der Waals surface area contributed by atoms with Crippen molar-refractivity contribution in [2.24, 2.45) is 0 Å². The second-order valence-electron chi connectivity index (χ2n) is 4.87. The van der Waals surface area contributed by atoms with Gasteiger partial charge in [-0.2, -0.15) is 0 Å². The smallest absolute Gasteiger partial charge is 0.258 e. The molecule has 0 radical (unpaired) electrons. The van der Waals surface area contributed by atoms with Crippen molar-refractivity contribution >= 4 is 33.6 Å². The molecule has 2 aromatic heterocycles. The zero-order valence-corrected chi connectivity index (χ0v) is 13.4. The zero-order chi connectivity index (χ0) is 15.7. The van der Waals surface area contributed by atoms with Gasteiger partial charge in [-0.1, -0.05) is 17.7 Å². The topological polar surface area (TPSA) is 66.6 Å². The molecular formula is C15H14ClN3O2S. The second kappa shape index (κ2) is 6.08. The highest BCUT2D eigenvalue weighted by Crippen LogP contribution is 2.28. The molecule has 0 bridgehead atoms. The number of thiazole rings is 1. The molecule has 0 saturated carbocycles. The van der Waals surface area contributed by atoms with Crippen LogP contribution in [0.4, 0.5) is 5.69 Å². The molecule has 0 atom stereocenters. The summed E-state index contributed by atoms with van der Waals surface area (Å²) in [6.07, 6.45) is 1.71. The lowest BCUT2D eigenvalue weighted by Gasteiger charge is -2.14. The van der Waals surface area contributed by atoms with Crippen LogP contribution in [0.3, 0.4) is 0 Å². The monoisotopic (exact) mass is 335 g/mol. The number of rotatable bonds is 4. The van der Waals surface area contributed by atoms with Crippen molar-refractivity contribution < 1.29 is 5.11 Å². The molecule has 7 heteroatoms. The SMILES string of the molecule is Cc1ccc(Cl)c(CO)c1NCc1cc(=O)n2ccsc2n1. The van der Waals surface area contributed by atoms with E-state index in [1.54, 1.807) is 12.3 Å². The largest absolute Gasteiger partial charge is 0.392 e. The molecule has 0 amide bonds. The van der Waals surface area contributed by atoms with Gasteiger partial charge in [0.2, 0.25) is 0 Å². The summed E-state index contributed by atoms with van der Waals surface area (Å²) in [6, 6.07) is 5.15. The molecule has 5 nitrogen and oxygen atoms in total. The summed E-state index contributed by atoms with van der Waals surface area (Å²) in [7, 11) is 0. The average molecular weight is 336 g/mol. The lowest BCUT2D eigenvalue weighted by atomic mass is 10.1. The number of anilines is 1. The van der Waals surface area contributed by atoms with Crippen molar-refractivity contribution in [1.82, 2.24) is 9.38 Å². The molecule has 0 aliphatic rings. The second-order valence-corrected chi connectivity index (χ2v) is 6.15. The van der Waals surface area contributed by atoms with Crippen LogP contribution in [-0.4, -0.2) is 14.5 Å². The fraction of sp³-hybridized carbons (Fsp3) is 0.200. The number of aryl methyl sites for hydroxylation is 1. The summed E-state index contributed by atoms with van der Waals surface area (Å²) in [4.78, 5) is 17.1. The Kier molecular flexibility index (Phi) is 4.15. The van der Waals surface area contributed by atoms with Crippen molar-refractivity contribution in [3.8, 4) is 0 Å². The predicted molar refractivity (Wildman–Crippen MR) is 88.8 cm³/mol. The van der Waals surface area contributed by atoms with Crippen LogP contribution < -0.4 is 10.9 Å². The number of benzene rings is 1. The molecule has 22 heavy (non-hydrogen) atoms. The van der Waals surface area contributed by atoms with Gasteiger partial charge < -0.3 is 10.4 Å². The molecule has 114 valence electrons. The first kappa shape index (κ1) is 15.0. The number of fused-ring (bicyclic) bond motifs is 1. The number of aliphatic hydroxyl groups excluding tert-OH is 1. The quantitative estimate of drug-likeness (QED) is 0.769. The van der Waals surface area contributed by atoms with E-state index in [9.17, 15) is 9.90 Å². The number of nitrogens with one attached hydrogen (secondary N) is 1. The fourth-order valence-electron chi connectivity index (χ4n) is 2.30. The van der Waals surface area contributed by atoms with Crippen LogP contribution in [0.1, 0.15) is 16.8 Å². The minimum Gasteiger partial charge on any atom is -0.392 e. The van der Waals surface area contributed by atoms with Gasteiger partial charge >= 0.3 is 0 Å². The number of nitrogens with zero attached hydrogens (tertiary/aromatic N) is 2. The Morgan fingerprint density at radius 3 is 3.05 bits per heavy atom. The summed E-state index contributed by atoms with van der Waals surface area (Å²) in [6.45, 7) is 2.17. The highest BCUT2D eigenvalue weighted by atomic mass is 35.5. The Balaban J connectivity index is 1.91. The maximum absolute atomic E-state index is 12.0. The first-order valence-corrected chi connectivity index (χ1v) is 7.94. The standard InChI is InChI=1S/C15H14ClN3O2S/c1-9-2-3-12(16)11(8-20)14(9)17-7-10-6-13(21)19-4-5-22-15(19)18-10/h2-6,17,20H,7-8H2,1H3. The molecule has 0 unspecified atom stereocenters. The Labute approximate surface area is 135 Å². The van der Waals surface area contributed by atoms with Crippen LogP contribution >= 0.6 is 22.9 Å².